The number of fused-ring (bicyclic) bond motifs is 2. The highest BCUT2D eigenvalue weighted by Crippen LogP contribution is 2.47. The summed E-state index contributed by atoms with van der Waals surface area (Å²) in [4.78, 5) is 23.2. The number of aliphatic carboxylic acids is 1. The van der Waals surface area contributed by atoms with E-state index in [0.717, 1.165) is 6.42 Å². The molecule has 0 aromatic rings. The number of amides is 1. The van der Waals surface area contributed by atoms with Crippen molar-refractivity contribution in [3.8, 4) is 0 Å². The Kier molecular flexibility index (Phi) is 4.37. The number of carboxylic acid groups (broad SMARTS) is 1. The van der Waals surface area contributed by atoms with Crippen molar-refractivity contribution < 1.29 is 19.4 Å². The summed E-state index contributed by atoms with van der Waals surface area (Å²) >= 11 is 0. The molecule has 2 aliphatic carbocycles. The van der Waals surface area contributed by atoms with Crippen LogP contribution in [0, 0.1) is 23.7 Å². The van der Waals surface area contributed by atoms with Gasteiger partial charge >= 0.3 is 0 Å². The topological polar surface area (TPSA) is 78.5 Å². The normalized spacial score (nSPS) is 31.4. The summed E-state index contributed by atoms with van der Waals surface area (Å²) < 4.78 is 5.16. The monoisotopic (exact) mass is 264 g/mol. The molecule has 104 valence electrons. The maximum absolute atomic E-state index is 12.1. The average Bonchev–Trinajstić information content (AvgIpc) is 2.98. The summed E-state index contributed by atoms with van der Waals surface area (Å²) in [6.07, 6.45) is 6.21. The van der Waals surface area contributed by atoms with E-state index < -0.39 is 17.8 Å². The number of carboxylic acids is 1. The van der Waals surface area contributed by atoms with Gasteiger partial charge in [-0.3, -0.25) is 4.79 Å². The van der Waals surface area contributed by atoms with Gasteiger partial charge in [-0.2, -0.15) is 0 Å². The van der Waals surface area contributed by atoms with Crippen molar-refractivity contribution in [2.45, 2.75) is 6.42 Å². The molecule has 0 spiro atoms. The van der Waals surface area contributed by atoms with Crippen molar-refractivity contribution in [1.82, 2.24) is 5.32 Å². The third-order valence-electron chi connectivity index (χ3n) is 3.82. The van der Waals surface area contributed by atoms with Crippen molar-refractivity contribution in [2.24, 2.45) is 23.7 Å². The van der Waals surface area contributed by atoms with Gasteiger partial charge in [0.25, 0.3) is 0 Å². The van der Waals surface area contributed by atoms with Gasteiger partial charge in [-0.15, -0.1) is 6.58 Å². The molecule has 0 unspecified atom stereocenters. The maximum atomic E-state index is 12.1. The number of nitrogens with one attached hydrogen (secondary N) is 1. The molecule has 5 heteroatoms. The molecule has 0 radical (unpaired) electrons. The lowest BCUT2D eigenvalue weighted by molar-refractivity contribution is -0.313. The lowest BCUT2D eigenvalue weighted by Crippen LogP contribution is -2.45. The summed E-state index contributed by atoms with van der Waals surface area (Å²) in [7, 11) is 0. The minimum Gasteiger partial charge on any atom is -0.550 e. The molecular formula is C14H18NO4-. The number of hydrogen-bond donors (Lipinski definition) is 1. The molecule has 5 nitrogen and oxygen atoms in total. The highest BCUT2D eigenvalue weighted by Gasteiger charge is 2.48. The second kappa shape index (κ2) is 6.02. The van der Waals surface area contributed by atoms with E-state index in [2.05, 4.69) is 11.9 Å². The molecule has 2 aliphatic rings. The third-order valence-corrected chi connectivity index (χ3v) is 3.82. The molecule has 1 fully saturated rings. The zero-order chi connectivity index (χ0) is 13.8. The first-order valence-electron chi connectivity index (χ1n) is 6.50. The van der Waals surface area contributed by atoms with Gasteiger partial charge in [0.15, 0.2) is 0 Å². The summed E-state index contributed by atoms with van der Waals surface area (Å²) in [5.74, 6) is -2.55. The first-order chi connectivity index (χ1) is 9.15. The van der Waals surface area contributed by atoms with E-state index in [9.17, 15) is 14.7 Å². The fraction of sp³-hybridized carbons (Fsp3) is 0.571. The zero-order valence-corrected chi connectivity index (χ0v) is 10.7. The third kappa shape index (κ3) is 2.87. The van der Waals surface area contributed by atoms with E-state index in [0.29, 0.717) is 19.8 Å². The standard InChI is InChI=1S/C14H19NO4/c1-2-6-19-7-5-15-13(16)11-9-3-4-10(8-9)12(11)14(17)18/h2-4,9-12H,1,5-8H2,(H,15,16)(H,17,18)/p-1/t9-,10+,11-,12+/m1/s1. The molecule has 1 saturated carbocycles. The number of carbonyl (C=O) groups is 2. The minimum atomic E-state index is -1.13. The van der Waals surface area contributed by atoms with Crippen LogP contribution in [0.15, 0.2) is 24.8 Å². The minimum absolute atomic E-state index is 0.0296. The number of carbonyl (C=O) groups excluding carboxylic acids is 2. The van der Waals surface area contributed by atoms with Crippen molar-refractivity contribution in [1.29, 1.82) is 0 Å². The Hall–Kier alpha value is -1.62. The van der Waals surface area contributed by atoms with E-state index in [-0.39, 0.29) is 17.7 Å². The van der Waals surface area contributed by atoms with Crippen LogP contribution in [0.4, 0.5) is 0 Å². The Labute approximate surface area is 112 Å². The lowest BCUT2D eigenvalue weighted by Gasteiger charge is -2.27. The second-order valence-electron chi connectivity index (χ2n) is 4.97. The van der Waals surface area contributed by atoms with Crippen LogP contribution in [0.2, 0.25) is 0 Å². The molecule has 2 bridgehead atoms. The van der Waals surface area contributed by atoms with Gasteiger partial charge in [-0.1, -0.05) is 18.2 Å². The molecular weight excluding hydrogens is 246 g/mol. The van der Waals surface area contributed by atoms with Crippen LogP contribution in [-0.4, -0.2) is 31.6 Å². The Balaban J connectivity index is 1.86. The van der Waals surface area contributed by atoms with Crippen molar-refractivity contribution in [3.63, 3.8) is 0 Å². The largest absolute Gasteiger partial charge is 0.550 e. The smallest absolute Gasteiger partial charge is 0.224 e. The fourth-order valence-electron chi connectivity index (χ4n) is 3.03. The van der Waals surface area contributed by atoms with E-state index >= 15 is 0 Å². The first-order valence-corrected chi connectivity index (χ1v) is 6.50. The molecule has 4 atom stereocenters. The van der Waals surface area contributed by atoms with Crippen LogP contribution < -0.4 is 10.4 Å². The quantitative estimate of drug-likeness (QED) is 0.496. The summed E-state index contributed by atoms with van der Waals surface area (Å²) in [5, 5.41) is 13.9. The Morgan fingerprint density at radius 2 is 2.05 bits per heavy atom. The van der Waals surface area contributed by atoms with Crippen LogP contribution in [-0.2, 0) is 14.3 Å². The van der Waals surface area contributed by atoms with Gasteiger partial charge in [0, 0.05) is 18.4 Å². The Morgan fingerprint density at radius 3 is 2.68 bits per heavy atom. The molecule has 0 aliphatic heterocycles. The molecule has 19 heavy (non-hydrogen) atoms. The summed E-state index contributed by atoms with van der Waals surface area (Å²) in [5.41, 5.74) is 0. The van der Waals surface area contributed by atoms with E-state index in [4.69, 9.17) is 4.74 Å². The highest BCUT2D eigenvalue weighted by atomic mass is 16.5. The Morgan fingerprint density at radius 1 is 1.37 bits per heavy atom. The fourth-order valence-corrected chi connectivity index (χ4v) is 3.03. The molecule has 1 amide bonds. The van der Waals surface area contributed by atoms with Crippen LogP contribution in [0.3, 0.4) is 0 Å². The number of rotatable bonds is 7. The van der Waals surface area contributed by atoms with Crippen LogP contribution in [0.5, 0.6) is 0 Å². The molecule has 0 aromatic heterocycles. The molecule has 0 heterocycles. The molecule has 1 N–H and O–H groups in total. The van der Waals surface area contributed by atoms with Gasteiger partial charge in [-0.25, -0.2) is 0 Å². The van der Waals surface area contributed by atoms with Crippen molar-refractivity contribution in [2.75, 3.05) is 19.8 Å². The molecule has 2 rings (SSSR count). The summed E-state index contributed by atoms with van der Waals surface area (Å²) in [6, 6.07) is 0. The average molecular weight is 264 g/mol. The Bertz CT molecular complexity index is 404. The zero-order valence-electron chi connectivity index (χ0n) is 10.7. The molecule has 0 aromatic carbocycles. The van der Waals surface area contributed by atoms with Crippen molar-refractivity contribution >= 4 is 11.9 Å². The van der Waals surface area contributed by atoms with Crippen LogP contribution in [0.25, 0.3) is 0 Å². The predicted molar refractivity (Wildman–Crippen MR) is 66.7 cm³/mol. The maximum Gasteiger partial charge on any atom is 0.224 e. The van der Waals surface area contributed by atoms with Crippen molar-refractivity contribution in [3.05, 3.63) is 24.8 Å². The highest BCUT2D eigenvalue weighted by molar-refractivity contribution is 5.86. The van der Waals surface area contributed by atoms with E-state index in [1.54, 1.807) is 6.08 Å². The van der Waals surface area contributed by atoms with Gasteiger partial charge in [0.05, 0.1) is 19.1 Å². The van der Waals surface area contributed by atoms with E-state index in [1.165, 1.54) is 0 Å². The molecule has 0 saturated heterocycles. The van der Waals surface area contributed by atoms with Crippen LogP contribution in [0.1, 0.15) is 6.42 Å². The lowest BCUT2D eigenvalue weighted by atomic mass is 9.82. The summed E-state index contributed by atoms with van der Waals surface area (Å²) in [6.45, 7) is 4.73. The first kappa shape index (κ1) is 13.8. The number of allylic oxidation sites excluding steroid dienone is 2. The SMILES string of the molecule is C=CCOCCNC(=O)[C@H]1[C@@H](C(=O)[O-])[C@H]2C=C[C@@H]1C2. The number of ether oxygens (including phenoxy) is 1. The van der Waals surface area contributed by atoms with Crippen LogP contribution >= 0.6 is 0 Å². The van der Waals surface area contributed by atoms with E-state index in [1.807, 2.05) is 12.2 Å². The second-order valence-corrected chi connectivity index (χ2v) is 4.97. The van der Waals surface area contributed by atoms with Gasteiger partial charge < -0.3 is 20.0 Å². The predicted octanol–water partition coefficient (Wildman–Crippen LogP) is -0.507. The van der Waals surface area contributed by atoms with Gasteiger partial charge in [-0.05, 0) is 18.3 Å². The number of hydrogen-bond acceptors (Lipinski definition) is 4. The van der Waals surface area contributed by atoms with Gasteiger partial charge in [0.2, 0.25) is 5.91 Å². The van der Waals surface area contributed by atoms with Gasteiger partial charge in [0.1, 0.15) is 0 Å².